The molecule has 128 valence electrons. The van der Waals surface area contributed by atoms with Crippen LogP contribution in [0.25, 0.3) is 11.2 Å². The van der Waals surface area contributed by atoms with Crippen molar-refractivity contribution in [2.24, 2.45) is 14.1 Å². The van der Waals surface area contributed by atoms with Gasteiger partial charge in [-0.3, -0.25) is 14.3 Å². The van der Waals surface area contributed by atoms with Crippen LogP contribution in [0.4, 0.5) is 5.95 Å². The molecule has 24 heavy (non-hydrogen) atoms. The quantitative estimate of drug-likeness (QED) is 0.710. The fourth-order valence-electron chi connectivity index (χ4n) is 2.60. The van der Waals surface area contributed by atoms with Crippen LogP contribution in [0.2, 0.25) is 0 Å². The SMILES string of the molecule is COCC(Nc1nc2c(c(=O)[nH]c(=O)n2C)n1C)c1ccc(C)o1. The van der Waals surface area contributed by atoms with Crippen molar-refractivity contribution in [2.45, 2.75) is 13.0 Å². The predicted molar refractivity (Wildman–Crippen MR) is 88.3 cm³/mol. The van der Waals surface area contributed by atoms with E-state index in [-0.39, 0.29) is 6.04 Å². The van der Waals surface area contributed by atoms with Crippen LogP contribution in [0.15, 0.2) is 26.1 Å². The summed E-state index contributed by atoms with van der Waals surface area (Å²) in [5.74, 6) is 1.92. The van der Waals surface area contributed by atoms with Gasteiger partial charge in [-0.25, -0.2) is 4.79 Å². The Morgan fingerprint density at radius 3 is 2.71 bits per heavy atom. The number of H-pyrrole nitrogens is 1. The van der Waals surface area contributed by atoms with Crippen molar-refractivity contribution < 1.29 is 9.15 Å². The monoisotopic (exact) mass is 333 g/mol. The molecule has 0 saturated heterocycles. The third-order valence-corrected chi connectivity index (χ3v) is 3.88. The van der Waals surface area contributed by atoms with Gasteiger partial charge < -0.3 is 19.0 Å². The first-order valence-electron chi connectivity index (χ1n) is 7.40. The van der Waals surface area contributed by atoms with Crippen LogP contribution in [-0.4, -0.2) is 32.8 Å². The number of anilines is 1. The van der Waals surface area contributed by atoms with Crippen molar-refractivity contribution in [2.75, 3.05) is 19.0 Å². The maximum atomic E-state index is 12.1. The maximum Gasteiger partial charge on any atom is 0.329 e. The molecule has 2 N–H and O–H groups in total. The molecule has 1 atom stereocenters. The molecule has 1 unspecified atom stereocenters. The Hall–Kier alpha value is -2.81. The molecule has 0 bridgehead atoms. The summed E-state index contributed by atoms with van der Waals surface area (Å²) in [6, 6.07) is 3.44. The second-order valence-electron chi connectivity index (χ2n) is 5.59. The molecular weight excluding hydrogens is 314 g/mol. The molecule has 9 heteroatoms. The second-order valence-corrected chi connectivity index (χ2v) is 5.59. The summed E-state index contributed by atoms with van der Waals surface area (Å²) in [4.78, 5) is 30.5. The summed E-state index contributed by atoms with van der Waals surface area (Å²) in [6.45, 7) is 2.21. The minimum absolute atomic E-state index is 0.282. The van der Waals surface area contributed by atoms with Crippen molar-refractivity contribution in [1.29, 1.82) is 0 Å². The summed E-state index contributed by atoms with van der Waals surface area (Å²) < 4.78 is 13.8. The highest BCUT2D eigenvalue weighted by molar-refractivity contribution is 5.74. The summed E-state index contributed by atoms with van der Waals surface area (Å²) in [5, 5.41) is 3.21. The van der Waals surface area contributed by atoms with Gasteiger partial charge >= 0.3 is 5.69 Å². The number of aromatic nitrogens is 4. The highest BCUT2D eigenvalue weighted by Crippen LogP contribution is 2.22. The number of fused-ring (bicyclic) bond motifs is 1. The van der Waals surface area contributed by atoms with Gasteiger partial charge in [0.2, 0.25) is 5.95 Å². The number of nitrogens with zero attached hydrogens (tertiary/aromatic N) is 3. The number of ether oxygens (including phenoxy) is 1. The van der Waals surface area contributed by atoms with Crippen LogP contribution in [-0.2, 0) is 18.8 Å². The molecule has 9 nitrogen and oxygen atoms in total. The maximum absolute atomic E-state index is 12.1. The molecule has 0 amide bonds. The van der Waals surface area contributed by atoms with Crippen LogP contribution in [0.3, 0.4) is 0 Å². The van der Waals surface area contributed by atoms with Crippen molar-refractivity contribution >= 4 is 17.1 Å². The minimum atomic E-state index is -0.507. The van der Waals surface area contributed by atoms with E-state index in [9.17, 15) is 9.59 Å². The van der Waals surface area contributed by atoms with E-state index in [0.717, 1.165) is 5.76 Å². The van der Waals surface area contributed by atoms with Crippen LogP contribution in [0.5, 0.6) is 0 Å². The largest absolute Gasteiger partial charge is 0.464 e. The number of furan rings is 1. The molecule has 0 radical (unpaired) electrons. The number of methoxy groups -OCH3 is 1. The number of imidazole rings is 1. The highest BCUT2D eigenvalue weighted by atomic mass is 16.5. The lowest BCUT2D eigenvalue weighted by molar-refractivity contribution is 0.178. The molecule has 0 aliphatic carbocycles. The number of hydrogen-bond donors (Lipinski definition) is 2. The molecule has 0 aromatic carbocycles. The molecule has 0 saturated carbocycles. The zero-order valence-electron chi connectivity index (χ0n) is 13.9. The molecule has 3 rings (SSSR count). The number of rotatable bonds is 5. The van der Waals surface area contributed by atoms with E-state index in [1.807, 2.05) is 19.1 Å². The number of aryl methyl sites for hydroxylation is 3. The lowest BCUT2D eigenvalue weighted by Gasteiger charge is -2.16. The van der Waals surface area contributed by atoms with Gasteiger partial charge in [-0.2, -0.15) is 4.98 Å². The normalized spacial score (nSPS) is 12.7. The lowest BCUT2D eigenvalue weighted by atomic mass is 10.2. The Bertz CT molecular complexity index is 994. The molecule has 3 aromatic heterocycles. The molecule has 0 aliphatic heterocycles. The molecule has 0 spiro atoms. The van der Waals surface area contributed by atoms with Gasteiger partial charge in [0.15, 0.2) is 11.2 Å². The van der Waals surface area contributed by atoms with E-state index in [2.05, 4.69) is 15.3 Å². The smallest absolute Gasteiger partial charge is 0.329 e. The molecule has 3 heterocycles. The van der Waals surface area contributed by atoms with Gasteiger partial charge in [0.25, 0.3) is 5.56 Å². The molecular formula is C15H19N5O4. The van der Waals surface area contributed by atoms with Crippen molar-refractivity contribution in [3.63, 3.8) is 0 Å². The fraction of sp³-hybridized carbons (Fsp3) is 0.400. The van der Waals surface area contributed by atoms with E-state index < -0.39 is 11.2 Å². The van der Waals surface area contributed by atoms with Crippen LogP contribution >= 0.6 is 0 Å². The van der Waals surface area contributed by atoms with Gasteiger partial charge in [0.05, 0.1) is 6.61 Å². The van der Waals surface area contributed by atoms with Gasteiger partial charge in [-0.15, -0.1) is 0 Å². The molecule has 0 fully saturated rings. The second kappa shape index (κ2) is 6.00. The summed E-state index contributed by atoms with van der Waals surface area (Å²) in [7, 11) is 4.85. The Kier molecular flexibility index (Phi) is 4.02. The number of nitrogens with one attached hydrogen (secondary N) is 2. The Morgan fingerprint density at radius 1 is 1.33 bits per heavy atom. The van der Waals surface area contributed by atoms with Gasteiger partial charge in [-0.05, 0) is 19.1 Å². The van der Waals surface area contributed by atoms with Gasteiger partial charge in [0.1, 0.15) is 17.6 Å². The Labute approximate surface area is 136 Å². The van der Waals surface area contributed by atoms with E-state index >= 15 is 0 Å². The van der Waals surface area contributed by atoms with Crippen LogP contribution in [0, 0.1) is 6.92 Å². The zero-order valence-corrected chi connectivity index (χ0v) is 13.9. The minimum Gasteiger partial charge on any atom is -0.464 e. The third-order valence-electron chi connectivity index (χ3n) is 3.88. The first-order valence-corrected chi connectivity index (χ1v) is 7.40. The van der Waals surface area contributed by atoms with Crippen molar-refractivity contribution in [3.8, 4) is 0 Å². The summed E-state index contributed by atoms with van der Waals surface area (Å²) >= 11 is 0. The number of hydrogen-bond acceptors (Lipinski definition) is 6. The lowest BCUT2D eigenvalue weighted by Crippen LogP contribution is -2.29. The first-order chi connectivity index (χ1) is 11.4. The number of aromatic amines is 1. The van der Waals surface area contributed by atoms with Crippen LogP contribution < -0.4 is 16.6 Å². The van der Waals surface area contributed by atoms with Gasteiger partial charge in [-0.1, -0.05) is 0 Å². The van der Waals surface area contributed by atoms with E-state index in [4.69, 9.17) is 9.15 Å². The van der Waals surface area contributed by atoms with E-state index in [1.54, 1.807) is 25.8 Å². The fourth-order valence-corrected chi connectivity index (χ4v) is 2.60. The average molecular weight is 333 g/mol. The summed E-state index contributed by atoms with van der Waals surface area (Å²) in [6.07, 6.45) is 0. The average Bonchev–Trinajstić information content (AvgIpc) is 3.09. The first kappa shape index (κ1) is 16.1. The van der Waals surface area contributed by atoms with E-state index in [1.165, 1.54) is 4.57 Å². The Balaban J connectivity index is 2.07. The van der Waals surface area contributed by atoms with E-state index in [0.29, 0.717) is 29.5 Å². The standard InChI is InChI=1S/C15H19N5O4/c1-8-5-6-10(24-8)9(7-23-4)16-14-17-12-11(19(14)2)13(21)18-15(22)20(12)3/h5-6,9H,7H2,1-4H3,(H,16,17)(H,18,21,22). The predicted octanol–water partition coefficient (Wildman–Crippen LogP) is 0.661. The third kappa shape index (κ3) is 2.62. The molecule has 3 aromatic rings. The van der Waals surface area contributed by atoms with Crippen molar-refractivity contribution in [3.05, 3.63) is 44.5 Å². The Morgan fingerprint density at radius 2 is 2.08 bits per heavy atom. The topological polar surface area (TPSA) is 107 Å². The van der Waals surface area contributed by atoms with Crippen molar-refractivity contribution in [1.82, 2.24) is 19.1 Å². The zero-order chi connectivity index (χ0) is 17.4. The highest BCUT2D eigenvalue weighted by Gasteiger charge is 2.20. The summed E-state index contributed by atoms with van der Waals surface area (Å²) in [5.41, 5.74) is -0.368. The van der Waals surface area contributed by atoms with Gasteiger partial charge in [0, 0.05) is 21.2 Å². The van der Waals surface area contributed by atoms with Crippen LogP contribution in [0.1, 0.15) is 17.6 Å². The molecule has 0 aliphatic rings.